The molecule has 0 saturated carbocycles. The normalized spacial score (nSPS) is 10.0. The van der Waals surface area contributed by atoms with Gasteiger partial charge in [0.2, 0.25) is 12.2 Å². The van der Waals surface area contributed by atoms with Gasteiger partial charge in [-0.3, -0.25) is 4.79 Å². The first-order valence-electron chi connectivity index (χ1n) is 6.02. The maximum absolute atomic E-state index is 11.9. The molecule has 0 unspecified atom stereocenters. The van der Waals surface area contributed by atoms with Gasteiger partial charge in [-0.25, -0.2) is 4.79 Å². The molecule has 0 atom stereocenters. The van der Waals surface area contributed by atoms with E-state index in [1.54, 1.807) is 12.1 Å². The van der Waals surface area contributed by atoms with Crippen LogP contribution in [0, 0.1) is 10.1 Å². The maximum atomic E-state index is 11.9. The minimum atomic E-state index is -0.763. The Morgan fingerprint density at radius 3 is 2.77 bits per heavy atom. The zero-order chi connectivity index (χ0) is 16.1. The summed E-state index contributed by atoms with van der Waals surface area (Å²) < 4.78 is 5.64. The number of benzene rings is 1. The van der Waals surface area contributed by atoms with Crippen molar-refractivity contribution in [2.75, 3.05) is 12.4 Å². The van der Waals surface area contributed by atoms with Crippen LogP contribution in [-0.2, 0) is 16.1 Å². The van der Waals surface area contributed by atoms with Crippen molar-refractivity contribution < 1.29 is 19.2 Å². The topological polar surface area (TPSA) is 129 Å². The summed E-state index contributed by atoms with van der Waals surface area (Å²) in [6.07, 6.45) is 1.07. The molecule has 0 aliphatic carbocycles. The molecule has 10 heteroatoms. The molecule has 114 valence electrons. The predicted molar refractivity (Wildman–Crippen MR) is 73.1 cm³/mol. The van der Waals surface area contributed by atoms with Crippen LogP contribution in [0.5, 0.6) is 0 Å². The van der Waals surface area contributed by atoms with Crippen LogP contribution >= 0.6 is 0 Å². The summed E-state index contributed by atoms with van der Waals surface area (Å²) >= 11 is 0. The van der Waals surface area contributed by atoms with Crippen molar-refractivity contribution in [1.82, 2.24) is 14.8 Å². The Kier molecular flexibility index (Phi) is 4.41. The van der Waals surface area contributed by atoms with Gasteiger partial charge in [0, 0.05) is 5.10 Å². The van der Waals surface area contributed by atoms with Gasteiger partial charge in [-0.2, -0.15) is 4.68 Å². The van der Waals surface area contributed by atoms with Crippen LogP contribution in [0.4, 0.5) is 11.6 Å². The lowest BCUT2D eigenvalue weighted by Gasteiger charge is -2.08. The first kappa shape index (κ1) is 15.1. The smallest absolute Gasteiger partial charge is 0.465 e. The summed E-state index contributed by atoms with van der Waals surface area (Å²) in [5, 5.41) is 16.5. The fourth-order valence-electron chi connectivity index (χ4n) is 1.66. The van der Waals surface area contributed by atoms with E-state index in [1.165, 1.54) is 19.2 Å². The van der Waals surface area contributed by atoms with Gasteiger partial charge >= 0.3 is 11.9 Å². The van der Waals surface area contributed by atoms with Crippen molar-refractivity contribution in [2.24, 2.45) is 0 Å². The summed E-state index contributed by atoms with van der Waals surface area (Å²) in [7, 11) is 1.23. The standard InChI is InChI=1S/C12H11N5O5/c1-22-11(19)8-4-2-3-5-9(8)14-10(18)6-16-7-13-12(15-16)17(20)21/h2-5,7H,6H2,1H3,(H,14,18). The summed E-state index contributed by atoms with van der Waals surface area (Å²) in [4.78, 5) is 36.6. The number of nitro groups is 1. The van der Waals surface area contributed by atoms with Gasteiger partial charge in [0.05, 0.1) is 18.4 Å². The summed E-state index contributed by atoms with van der Waals surface area (Å²) in [6.45, 7) is -0.281. The van der Waals surface area contributed by atoms with Crippen molar-refractivity contribution in [3.63, 3.8) is 0 Å². The van der Waals surface area contributed by atoms with Crippen molar-refractivity contribution in [3.05, 3.63) is 46.3 Å². The lowest BCUT2D eigenvalue weighted by atomic mass is 10.2. The van der Waals surface area contributed by atoms with E-state index >= 15 is 0 Å². The molecule has 1 aromatic heterocycles. The molecule has 2 rings (SSSR count). The van der Waals surface area contributed by atoms with Crippen LogP contribution in [0.3, 0.4) is 0 Å². The number of carbonyl (C=O) groups is 2. The molecule has 10 nitrogen and oxygen atoms in total. The van der Waals surface area contributed by atoms with Gasteiger partial charge < -0.3 is 20.2 Å². The molecule has 1 N–H and O–H groups in total. The number of rotatable bonds is 5. The Morgan fingerprint density at radius 1 is 1.41 bits per heavy atom. The number of carbonyl (C=O) groups excluding carboxylic acids is 2. The first-order valence-corrected chi connectivity index (χ1v) is 6.02. The number of ether oxygens (including phenoxy) is 1. The number of anilines is 1. The molecule has 0 aliphatic heterocycles. The van der Waals surface area contributed by atoms with Gasteiger partial charge in [0.15, 0.2) is 0 Å². The van der Waals surface area contributed by atoms with E-state index in [0.717, 1.165) is 11.0 Å². The van der Waals surface area contributed by atoms with Crippen LogP contribution in [0.25, 0.3) is 0 Å². The molecule has 0 radical (unpaired) electrons. The van der Waals surface area contributed by atoms with Gasteiger partial charge in [-0.15, -0.1) is 0 Å². The van der Waals surface area contributed by atoms with Gasteiger partial charge in [0.1, 0.15) is 6.54 Å². The predicted octanol–water partition coefficient (Wildman–Crippen LogP) is 0.612. The zero-order valence-electron chi connectivity index (χ0n) is 11.4. The highest BCUT2D eigenvalue weighted by molar-refractivity contribution is 6.01. The van der Waals surface area contributed by atoms with E-state index in [9.17, 15) is 19.7 Å². The Hall–Kier alpha value is -3.30. The van der Waals surface area contributed by atoms with E-state index in [2.05, 4.69) is 20.1 Å². The lowest BCUT2D eigenvalue weighted by molar-refractivity contribution is -0.394. The van der Waals surface area contributed by atoms with Gasteiger partial charge in [-0.1, -0.05) is 17.1 Å². The summed E-state index contributed by atoms with van der Waals surface area (Å²) in [5.41, 5.74) is 0.469. The fraction of sp³-hybridized carbons (Fsp3) is 0.167. The van der Waals surface area contributed by atoms with E-state index in [-0.39, 0.29) is 17.8 Å². The highest BCUT2D eigenvalue weighted by atomic mass is 16.6. The largest absolute Gasteiger partial charge is 0.490 e. The summed E-state index contributed by atoms with van der Waals surface area (Å²) in [6, 6.07) is 6.31. The fourth-order valence-corrected chi connectivity index (χ4v) is 1.66. The van der Waals surface area contributed by atoms with Crippen LogP contribution in [0.15, 0.2) is 30.6 Å². The minimum absolute atomic E-state index is 0.197. The van der Waals surface area contributed by atoms with Crippen molar-refractivity contribution in [2.45, 2.75) is 6.54 Å². The molecule has 22 heavy (non-hydrogen) atoms. The SMILES string of the molecule is COC(=O)c1ccccc1NC(=O)Cn1cnc([N+](=O)[O-])n1. The van der Waals surface area contributed by atoms with Gasteiger partial charge in [0.25, 0.3) is 0 Å². The van der Waals surface area contributed by atoms with Crippen LogP contribution in [0.1, 0.15) is 10.4 Å². The van der Waals surface area contributed by atoms with E-state index in [1.807, 2.05) is 0 Å². The van der Waals surface area contributed by atoms with Gasteiger partial charge in [-0.05, 0) is 17.1 Å². The monoisotopic (exact) mass is 305 g/mol. The molecule has 0 aliphatic rings. The lowest BCUT2D eigenvalue weighted by Crippen LogP contribution is -2.20. The number of amides is 1. The van der Waals surface area contributed by atoms with Crippen molar-refractivity contribution in [3.8, 4) is 0 Å². The second-order valence-corrected chi connectivity index (χ2v) is 4.08. The molecule has 0 fully saturated rings. The van der Waals surface area contributed by atoms with Crippen LogP contribution in [0.2, 0.25) is 0 Å². The second kappa shape index (κ2) is 6.43. The number of para-hydroxylation sites is 1. The Bertz CT molecular complexity index is 726. The number of nitrogens with one attached hydrogen (secondary N) is 1. The molecule has 1 heterocycles. The van der Waals surface area contributed by atoms with Crippen molar-refractivity contribution in [1.29, 1.82) is 0 Å². The van der Waals surface area contributed by atoms with Crippen molar-refractivity contribution >= 4 is 23.5 Å². The Balaban J connectivity index is 2.09. The highest BCUT2D eigenvalue weighted by Crippen LogP contribution is 2.16. The van der Waals surface area contributed by atoms with Crippen LogP contribution in [-0.4, -0.2) is 38.7 Å². The van der Waals surface area contributed by atoms with E-state index < -0.39 is 22.7 Å². The average Bonchev–Trinajstić information content (AvgIpc) is 2.95. The third kappa shape index (κ3) is 3.42. The first-order chi connectivity index (χ1) is 10.5. The molecular formula is C12H11N5O5. The number of nitrogens with zero attached hydrogens (tertiary/aromatic N) is 4. The number of aromatic nitrogens is 3. The minimum Gasteiger partial charge on any atom is -0.465 e. The quantitative estimate of drug-likeness (QED) is 0.486. The van der Waals surface area contributed by atoms with Crippen LogP contribution < -0.4 is 5.32 Å². The highest BCUT2D eigenvalue weighted by Gasteiger charge is 2.17. The molecule has 2 aromatic rings. The number of hydrogen-bond donors (Lipinski definition) is 1. The maximum Gasteiger partial charge on any atom is 0.490 e. The second-order valence-electron chi connectivity index (χ2n) is 4.08. The number of hydrogen-bond acceptors (Lipinski definition) is 7. The molecule has 1 amide bonds. The molecule has 0 saturated heterocycles. The van der Waals surface area contributed by atoms with E-state index in [0.29, 0.717) is 0 Å². The zero-order valence-corrected chi connectivity index (χ0v) is 11.4. The Labute approximate surface area is 123 Å². The van der Waals surface area contributed by atoms with E-state index in [4.69, 9.17) is 0 Å². The molecule has 1 aromatic carbocycles. The number of methoxy groups -OCH3 is 1. The Morgan fingerprint density at radius 2 is 2.14 bits per heavy atom. The molecule has 0 spiro atoms. The third-order valence-electron chi connectivity index (χ3n) is 2.60. The summed E-state index contributed by atoms with van der Waals surface area (Å²) in [5.74, 6) is -1.70. The third-order valence-corrected chi connectivity index (χ3v) is 2.60. The number of esters is 1. The molecule has 0 bridgehead atoms. The molecular weight excluding hydrogens is 294 g/mol. The average molecular weight is 305 g/mol.